The molecule has 1 aromatic heterocycles. The Morgan fingerprint density at radius 1 is 1.11 bits per heavy atom. The van der Waals surface area contributed by atoms with E-state index in [1.807, 2.05) is 56.5 Å². The number of hydrogen-bond acceptors (Lipinski definition) is 2. The van der Waals surface area contributed by atoms with Crippen molar-refractivity contribution < 1.29 is 4.79 Å². The maximum Gasteiger partial charge on any atom is 0.178 e. The molecule has 0 aliphatic rings. The molecule has 1 nitrogen and oxygen atoms in total. The Morgan fingerprint density at radius 3 is 2.28 bits per heavy atom. The number of benzene rings is 1. The van der Waals surface area contributed by atoms with Gasteiger partial charge < -0.3 is 0 Å². The van der Waals surface area contributed by atoms with Gasteiger partial charge in [-0.05, 0) is 34.7 Å². The third-order valence-corrected chi connectivity index (χ3v) is 3.86. The minimum absolute atomic E-state index is 0.188. The summed E-state index contributed by atoms with van der Waals surface area (Å²) >= 11 is 7.36. The van der Waals surface area contributed by atoms with Crippen LogP contribution in [0.3, 0.4) is 0 Å². The summed E-state index contributed by atoms with van der Waals surface area (Å²) in [4.78, 5) is 13.0. The molecule has 0 spiro atoms. The van der Waals surface area contributed by atoms with E-state index in [4.69, 9.17) is 11.6 Å². The highest BCUT2D eigenvalue weighted by molar-refractivity contribution is 7.12. The number of carbonyl (C=O) groups is 1. The van der Waals surface area contributed by atoms with Crippen molar-refractivity contribution in [3.8, 4) is 11.1 Å². The molecule has 0 aliphatic carbocycles. The maximum atomic E-state index is 12.2. The van der Waals surface area contributed by atoms with E-state index in [2.05, 4.69) is 0 Å². The standard InChI is InChI=1S/C15H15ClOS/c1-15(2,3)14(17)13-8-11(9-18-13)10-4-6-12(16)7-5-10/h4-9H,1-3H3. The zero-order valence-corrected chi connectivity index (χ0v) is 12.2. The predicted octanol–water partition coefficient (Wildman–Crippen LogP) is 5.30. The molecule has 2 aromatic rings. The van der Waals surface area contributed by atoms with Gasteiger partial charge in [0.2, 0.25) is 0 Å². The predicted molar refractivity (Wildman–Crippen MR) is 78.6 cm³/mol. The first-order chi connectivity index (χ1) is 8.38. The molecule has 0 atom stereocenters. The van der Waals surface area contributed by atoms with Gasteiger partial charge in [-0.3, -0.25) is 4.79 Å². The molecule has 3 heteroatoms. The second kappa shape index (κ2) is 4.87. The number of carbonyl (C=O) groups excluding carboxylic acids is 1. The average molecular weight is 279 g/mol. The summed E-state index contributed by atoms with van der Waals surface area (Å²) in [6, 6.07) is 9.62. The third kappa shape index (κ3) is 2.82. The summed E-state index contributed by atoms with van der Waals surface area (Å²) in [5, 5.41) is 2.74. The highest BCUT2D eigenvalue weighted by atomic mass is 35.5. The van der Waals surface area contributed by atoms with Crippen molar-refractivity contribution in [3.63, 3.8) is 0 Å². The van der Waals surface area contributed by atoms with Crippen LogP contribution < -0.4 is 0 Å². The van der Waals surface area contributed by atoms with Crippen LogP contribution in [0.5, 0.6) is 0 Å². The van der Waals surface area contributed by atoms with Gasteiger partial charge >= 0.3 is 0 Å². The van der Waals surface area contributed by atoms with Crippen molar-refractivity contribution in [3.05, 3.63) is 45.6 Å². The highest BCUT2D eigenvalue weighted by Crippen LogP contribution is 2.30. The van der Waals surface area contributed by atoms with Gasteiger partial charge in [-0.1, -0.05) is 44.5 Å². The minimum atomic E-state index is -0.331. The molecule has 0 radical (unpaired) electrons. The van der Waals surface area contributed by atoms with Gasteiger partial charge in [0.05, 0.1) is 4.88 Å². The van der Waals surface area contributed by atoms with Gasteiger partial charge in [0.15, 0.2) is 5.78 Å². The Balaban J connectivity index is 2.31. The summed E-state index contributed by atoms with van der Waals surface area (Å²) in [6.45, 7) is 5.82. The summed E-state index contributed by atoms with van der Waals surface area (Å²) in [5.74, 6) is 0.188. The Bertz CT molecular complexity index is 561. The normalized spacial score (nSPS) is 11.6. The zero-order valence-electron chi connectivity index (χ0n) is 10.7. The lowest BCUT2D eigenvalue weighted by atomic mass is 9.90. The van der Waals surface area contributed by atoms with Crippen LogP contribution in [-0.4, -0.2) is 5.78 Å². The molecule has 2 rings (SSSR count). The van der Waals surface area contributed by atoms with Crippen LogP contribution in [-0.2, 0) is 0 Å². The van der Waals surface area contributed by atoms with Crippen molar-refractivity contribution in [1.82, 2.24) is 0 Å². The highest BCUT2D eigenvalue weighted by Gasteiger charge is 2.24. The molecule has 0 N–H and O–H groups in total. The van der Waals surface area contributed by atoms with Crippen LogP contribution in [0.2, 0.25) is 5.02 Å². The van der Waals surface area contributed by atoms with E-state index in [-0.39, 0.29) is 11.2 Å². The number of ketones is 1. The lowest BCUT2D eigenvalue weighted by Crippen LogP contribution is -2.18. The van der Waals surface area contributed by atoms with Crippen LogP contribution in [0, 0.1) is 5.41 Å². The first-order valence-electron chi connectivity index (χ1n) is 5.77. The fourth-order valence-corrected chi connectivity index (χ4v) is 2.81. The molecule has 1 heterocycles. The van der Waals surface area contributed by atoms with Gasteiger partial charge in [0, 0.05) is 10.4 Å². The number of Topliss-reactive ketones (excluding diaryl/α,β-unsaturated/α-hetero) is 1. The summed E-state index contributed by atoms with van der Waals surface area (Å²) in [5.41, 5.74) is 1.83. The molecule has 18 heavy (non-hydrogen) atoms. The average Bonchev–Trinajstić information content (AvgIpc) is 2.77. The van der Waals surface area contributed by atoms with Crippen molar-refractivity contribution in [1.29, 1.82) is 0 Å². The molecular formula is C15H15ClOS. The van der Waals surface area contributed by atoms with Crippen LogP contribution in [0.1, 0.15) is 30.4 Å². The van der Waals surface area contributed by atoms with Crippen LogP contribution in [0.25, 0.3) is 11.1 Å². The van der Waals surface area contributed by atoms with Gasteiger partial charge in [0.1, 0.15) is 0 Å². The lowest BCUT2D eigenvalue weighted by Gasteiger charge is -2.14. The maximum absolute atomic E-state index is 12.2. The molecule has 1 aromatic carbocycles. The molecule has 0 bridgehead atoms. The molecular weight excluding hydrogens is 264 g/mol. The Labute approximate surface area is 116 Å². The number of hydrogen-bond donors (Lipinski definition) is 0. The SMILES string of the molecule is CC(C)(C)C(=O)c1cc(-c2ccc(Cl)cc2)cs1. The summed E-state index contributed by atoms with van der Waals surface area (Å²) in [6.07, 6.45) is 0. The smallest absolute Gasteiger partial charge is 0.178 e. The topological polar surface area (TPSA) is 17.1 Å². The first-order valence-corrected chi connectivity index (χ1v) is 7.03. The summed E-state index contributed by atoms with van der Waals surface area (Å²) in [7, 11) is 0. The molecule has 0 amide bonds. The van der Waals surface area contributed by atoms with E-state index in [1.54, 1.807) is 0 Å². The van der Waals surface area contributed by atoms with Gasteiger partial charge in [-0.15, -0.1) is 11.3 Å². The fourth-order valence-electron chi connectivity index (χ4n) is 1.62. The first kappa shape index (κ1) is 13.3. The molecule has 0 saturated carbocycles. The second-order valence-electron chi connectivity index (χ2n) is 5.29. The van der Waals surface area contributed by atoms with E-state index in [0.717, 1.165) is 21.0 Å². The third-order valence-electron chi connectivity index (χ3n) is 2.68. The van der Waals surface area contributed by atoms with E-state index >= 15 is 0 Å². The van der Waals surface area contributed by atoms with Gasteiger partial charge in [-0.25, -0.2) is 0 Å². The monoisotopic (exact) mass is 278 g/mol. The Kier molecular flexibility index (Phi) is 3.60. The van der Waals surface area contributed by atoms with Crippen molar-refractivity contribution >= 4 is 28.7 Å². The van der Waals surface area contributed by atoms with Crippen molar-refractivity contribution in [2.75, 3.05) is 0 Å². The van der Waals surface area contributed by atoms with Crippen LogP contribution in [0.4, 0.5) is 0 Å². The van der Waals surface area contributed by atoms with Crippen molar-refractivity contribution in [2.24, 2.45) is 5.41 Å². The van der Waals surface area contributed by atoms with Crippen LogP contribution in [0.15, 0.2) is 35.7 Å². The van der Waals surface area contributed by atoms with E-state index < -0.39 is 0 Å². The molecule has 0 unspecified atom stereocenters. The zero-order chi connectivity index (χ0) is 13.3. The number of halogens is 1. The van der Waals surface area contributed by atoms with Gasteiger partial charge in [0.25, 0.3) is 0 Å². The van der Waals surface area contributed by atoms with E-state index in [1.165, 1.54) is 11.3 Å². The number of thiophene rings is 1. The molecule has 0 aliphatic heterocycles. The van der Waals surface area contributed by atoms with E-state index in [9.17, 15) is 4.79 Å². The van der Waals surface area contributed by atoms with Gasteiger partial charge in [-0.2, -0.15) is 0 Å². The molecule has 0 fully saturated rings. The van der Waals surface area contributed by atoms with Crippen LogP contribution >= 0.6 is 22.9 Å². The largest absolute Gasteiger partial charge is 0.293 e. The lowest BCUT2D eigenvalue weighted by molar-refractivity contribution is 0.0863. The molecule has 0 saturated heterocycles. The van der Waals surface area contributed by atoms with E-state index in [0.29, 0.717) is 0 Å². The quantitative estimate of drug-likeness (QED) is 0.682. The summed E-state index contributed by atoms with van der Waals surface area (Å²) < 4.78 is 0. The Hall–Kier alpha value is -1.12. The Morgan fingerprint density at radius 2 is 1.72 bits per heavy atom. The van der Waals surface area contributed by atoms with Crippen molar-refractivity contribution in [2.45, 2.75) is 20.8 Å². The molecule has 94 valence electrons. The number of rotatable bonds is 2. The minimum Gasteiger partial charge on any atom is -0.293 e. The second-order valence-corrected chi connectivity index (χ2v) is 6.63. The fraction of sp³-hybridized carbons (Fsp3) is 0.267.